The number of halogens is 1. The van der Waals surface area contributed by atoms with Crippen LogP contribution in [0.15, 0.2) is 18.2 Å². The summed E-state index contributed by atoms with van der Waals surface area (Å²) in [5.74, 6) is -1.27. The van der Waals surface area contributed by atoms with Gasteiger partial charge in [0.1, 0.15) is 11.6 Å². The van der Waals surface area contributed by atoms with Crippen LogP contribution in [0.1, 0.15) is 17.3 Å². The van der Waals surface area contributed by atoms with Crippen molar-refractivity contribution in [3.8, 4) is 5.75 Å². The molecule has 0 bridgehead atoms. The molecular formula is C11H11FO4. The summed E-state index contributed by atoms with van der Waals surface area (Å²) in [6, 6.07) is 3.94. The Labute approximate surface area is 92.0 Å². The molecule has 1 unspecified atom stereocenters. The molecule has 0 amide bonds. The van der Waals surface area contributed by atoms with E-state index in [1.165, 1.54) is 26.2 Å². The minimum absolute atomic E-state index is 0.0212. The van der Waals surface area contributed by atoms with Crippen molar-refractivity contribution in [3.05, 3.63) is 29.6 Å². The molecule has 0 aliphatic rings. The van der Waals surface area contributed by atoms with E-state index in [9.17, 15) is 14.0 Å². The molecule has 1 aromatic carbocycles. The van der Waals surface area contributed by atoms with E-state index in [1.54, 1.807) is 0 Å². The van der Waals surface area contributed by atoms with Crippen LogP contribution in [0.3, 0.4) is 0 Å². The topological polar surface area (TPSA) is 52.6 Å². The fraction of sp³-hybridized carbons (Fsp3) is 0.273. The van der Waals surface area contributed by atoms with Crippen LogP contribution in [0, 0.1) is 5.82 Å². The molecule has 4 nitrogen and oxygen atoms in total. The number of carbonyl (C=O) groups excluding carboxylic acids is 2. The number of methoxy groups -OCH3 is 1. The second-order valence-electron chi connectivity index (χ2n) is 3.05. The van der Waals surface area contributed by atoms with Gasteiger partial charge in [0.15, 0.2) is 12.4 Å². The van der Waals surface area contributed by atoms with Gasteiger partial charge >= 0.3 is 5.97 Å². The first-order valence-electron chi connectivity index (χ1n) is 4.58. The van der Waals surface area contributed by atoms with Gasteiger partial charge in [0.2, 0.25) is 0 Å². The molecule has 5 heteroatoms. The van der Waals surface area contributed by atoms with Crippen LogP contribution < -0.4 is 4.74 Å². The highest BCUT2D eigenvalue weighted by Crippen LogP contribution is 2.20. The quantitative estimate of drug-likeness (QED) is 0.577. The summed E-state index contributed by atoms with van der Waals surface area (Å²) >= 11 is 0. The van der Waals surface area contributed by atoms with Crippen molar-refractivity contribution < 1.29 is 23.5 Å². The summed E-state index contributed by atoms with van der Waals surface area (Å²) in [5, 5.41) is 0. The first-order chi connectivity index (χ1) is 7.60. The zero-order valence-electron chi connectivity index (χ0n) is 8.90. The Hall–Kier alpha value is -1.91. The average Bonchev–Trinajstić information content (AvgIpc) is 2.28. The van der Waals surface area contributed by atoms with Crippen LogP contribution in [0.2, 0.25) is 0 Å². The lowest BCUT2D eigenvalue weighted by Gasteiger charge is -2.13. The Morgan fingerprint density at radius 3 is 2.75 bits per heavy atom. The van der Waals surface area contributed by atoms with Crippen molar-refractivity contribution in [3.63, 3.8) is 0 Å². The molecule has 1 aromatic rings. The van der Waals surface area contributed by atoms with Gasteiger partial charge < -0.3 is 9.47 Å². The SMILES string of the molecule is COC(=O)C(C)Oc1cccc(F)c1C=O. The van der Waals surface area contributed by atoms with E-state index in [1.807, 2.05) is 0 Å². The number of rotatable bonds is 4. The van der Waals surface area contributed by atoms with E-state index in [4.69, 9.17) is 4.74 Å². The lowest BCUT2D eigenvalue weighted by molar-refractivity contribution is -0.147. The highest BCUT2D eigenvalue weighted by molar-refractivity contribution is 5.80. The van der Waals surface area contributed by atoms with Crippen molar-refractivity contribution in [1.82, 2.24) is 0 Å². The zero-order valence-corrected chi connectivity index (χ0v) is 8.90. The van der Waals surface area contributed by atoms with Gasteiger partial charge in [-0.1, -0.05) is 6.07 Å². The predicted molar refractivity (Wildman–Crippen MR) is 53.9 cm³/mol. The summed E-state index contributed by atoms with van der Waals surface area (Å²) in [5.41, 5.74) is -0.210. The number of hydrogen-bond acceptors (Lipinski definition) is 4. The van der Waals surface area contributed by atoms with Crippen molar-refractivity contribution in [2.45, 2.75) is 13.0 Å². The highest BCUT2D eigenvalue weighted by Gasteiger charge is 2.17. The Kier molecular flexibility index (Phi) is 3.99. The minimum atomic E-state index is -0.898. The van der Waals surface area contributed by atoms with Crippen LogP contribution in [0.5, 0.6) is 5.75 Å². The standard InChI is InChI=1S/C11H11FO4/c1-7(11(14)15-2)16-10-5-3-4-9(12)8(10)6-13/h3-7H,1-2H3. The van der Waals surface area contributed by atoms with Gasteiger partial charge in [-0.3, -0.25) is 4.79 Å². The number of esters is 1. The Balaban J connectivity index is 2.93. The molecule has 0 spiro atoms. The third kappa shape index (κ3) is 2.56. The molecule has 0 N–H and O–H groups in total. The van der Waals surface area contributed by atoms with Gasteiger partial charge in [0.05, 0.1) is 12.7 Å². The average molecular weight is 226 g/mol. The van der Waals surface area contributed by atoms with E-state index in [0.29, 0.717) is 6.29 Å². The van der Waals surface area contributed by atoms with Gasteiger partial charge in [-0.2, -0.15) is 0 Å². The highest BCUT2D eigenvalue weighted by atomic mass is 19.1. The molecular weight excluding hydrogens is 215 g/mol. The maximum absolute atomic E-state index is 13.2. The summed E-state index contributed by atoms with van der Waals surface area (Å²) < 4.78 is 22.7. The summed E-state index contributed by atoms with van der Waals surface area (Å²) in [6.07, 6.45) is -0.556. The van der Waals surface area contributed by atoms with Crippen molar-refractivity contribution >= 4 is 12.3 Å². The largest absolute Gasteiger partial charge is 0.478 e. The van der Waals surface area contributed by atoms with E-state index in [0.717, 1.165) is 6.07 Å². The molecule has 0 fully saturated rings. The Bertz CT molecular complexity index is 403. The van der Waals surface area contributed by atoms with Gasteiger partial charge in [0.25, 0.3) is 0 Å². The van der Waals surface area contributed by atoms with Crippen LogP contribution in [-0.4, -0.2) is 25.5 Å². The summed E-state index contributed by atoms with van der Waals surface area (Å²) in [6.45, 7) is 1.45. The fourth-order valence-electron chi connectivity index (χ4n) is 1.14. The second-order valence-corrected chi connectivity index (χ2v) is 3.05. The first-order valence-corrected chi connectivity index (χ1v) is 4.58. The molecule has 86 valence electrons. The number of ether oxygens (including phenoxy) is 2. The minimum Gasteiger partial charge on any atom is -0.478 e. The van der Waals surface area contributed by atoms with E-state index in [2.05, 4.69) is 4.74 Å². The number of benzene rings is 1. The second kappa shape index (κ2) is 5.25. The molecule has 0 aliphatic heterocycles. The normalized spacial score (nSPS) is 11.7. The Morgan fingerprint density at radius 1 is 1.50 bits per heavy atom. The van der Waals surface area contributed by atoms with E-state index < -0.39 is 17.9 Å². The van der Waals surface area contributed by atoms with Gasteiger partial charge in [-0.15, -0.1) is 0 Å². The number of aldehydes is 1. The summed E-state index contributed by atoms with van der Waals surface area (Å²) in [7, 11) is 1.22. The molecule has 0 aliphatic carbocycles. The van der Waals surface area contributed by atoms with Crippen LogP contribution in [0.25, 0.3) is 0 Å². The van der Waals surface area contributed by atoms with Gasteiger partial charge in [-0.25, -0.2) is 9.18 Å². The van der Waals surface area contributed by atoms with Crippen LogP contribution in [0.4, 0.5) is 4.39 Å². The van der Waals surface area contributed by atoms with E-state index in [-0.39, 0.29) is 11.3 Å². The van der Waals surface area contributed by atoms with Crippen molar-refractivity contribution in [1.29, 1.82) is 0 Å². The number of carbonyl (C=O) groups is 2. The predicted octanol–water partition coefficient (Wildman–Crippen LogP) is 1.58. The molecule has 1 atom stereocenters. The molecule has 0 aromatic heterocycles. The first kappa shape index (κ1) is 12.2. The molecule has 16 heavy (non-hydrogen) atoms. The molecule has 0 saturated heterocycles. The van der Waals surface area contributed by atoms with Gasteiger partial charge in [0, 0.05) is 0 Å². The molecule has 0 radical (unpaired) electrons. The lowest BCUT2D eigenvalue weighted by atomic mass is 10.2. The third-order valence-electron chi connectivity index (χ3n) is 1.97. The number of hydrogen-bond donors (Lipinski definition) is 0. The smallest absolute Gasteiger partial charge is 0.346 e. The zero-order chi connectivity index (χ0) is 12.1. The maximum Gasteiger partial charge on any atom is 0.346 e. The summed E-state index contributed by atoms with van der Waals surface area (Å²) in [4.78, 5) is 21.7. The molecule has 1 rings (SSSR count). The maximum atomic E-state index is 13.2. The fourth-order valence-corrected chi connectivity index (χ4v) is 1.14. The Morgan fingerprint density at radius 2 is 2.19 bits per heavy atom. The molecule has 0 heterocycles. The van der Waals surface area contributed by atoms with Crippen LogP contribution in [-0.2, 0) is 9.53 Å². The van der Waals surface area contributed by atoms with Crippen LogP contribution >= 0.6 is 0 Å². The van der Waals surface area contributed by atoms with E-state index >= 15 is 0 Å². The van der Waals surface area contributed by atoms with Crippen molar-refractivity contribution in [2.75, 3.05) is 7.11 Å². The monoisotopic (exact) mass is 226 g/mol. The van der Waals surface area contributed by atoms with Gasteiger partial charge in [-0.05, 0) is 19.1 Å². The van der Waals surface area contributed by atoms with Crippen molar-refractivity contribution in [2.24, 2.45) is 0 Å². The third-order valence-corrected chi connectivity index (χ3v) is 1.97. The molecule has 0 saturated carbocycles. The lowest BCUT2D eigenvalue weighted by Crippen LogP contribution is -2.25.